The van der Waals surface area contributed by atoms with Gasteiger partial charge in [0.2, 0.25) is 5.91 Å². The van der Waals surface area contributed by atoms with Gasteiger partial charge in [-0.3, -0.25) is 4.79 Å². The molecule has 1 aromatic rings. The average molecular weight is 402 g/mol. The highest BCUT2D eigenvalue weighted by molar-refractivity contribution is 9.11. The quantitative estimate of drug-likeness (QED) is 0.792. The van der Waals surface area contributed by atoms with Crippen molar-refractivity contribution in [2.75, 3.05) is 5.32 Å². The van der Waals surface area contributed by atoms with Crippen LogP contribution in [0.4, 0.5) is 5.82 Å². The second kappa shape index (κ2) is 5.91. The summed E-state index contributed by atoms with van der Waals surface area (Å²) in [6.07, 6.45) is 2.24. The zero-order chi connectivity index (χ0) is 11.4. The van der Waals surface area contributed by atoms with Gasteiger partial charge in [0.15, 0.2) is 5.82 Å². The van der Waals surface area contributed by atoms with Gasteiger partial charge in [-0.1, -0.05) is 22.9 Å². The molecular weight excluding hydrogens is 394 g/mol. The predicted octanol–water partition coefficient (Wildman–Crippen LogP) is 3.11. The predicted molar refractivity (Wildman–Crippen MR) is 69.1 cm³/mol. The molecule has 7 heteroatoms. The summed E-state index contributed by atoms with van der Waals surface area (Å²) in [5.41, 5.74) is 0. The molecule has 4 nitrogen and oxygen atoms in total. The van der Waals surface area contributed by atoms with Gasteiger partial charge in [-0.25, -0.2) is 9.97 Å². The van der Waals surface area contributed by atoms with E-state index in [9.17, 15) is 4.79 Å². The molecule has 0 fully saturated rings. The Labute approximate surface area is 113 Å². The summed E-state index contributed by atoms with van der Waals surface area (Å²) in [7, 11) is 0. The Morgan fingerprint density at radius 2 is 2.27 bits per heavy atom. The SMILES string of the molecule is CCC(Br)C(=O)Nc1ncc(Br)nc1Br. The lowest BCUT2D eigenvalue weighted by Crippen LogP contribution is -2.23. The number of rotatable bonds is 3. The van der Waals surface area contributed by atoms with Crippen molar-refractivity contribution in [1.82, 2.24) is 9.97 Å². The van der Waals surface area contributed by atoms with E-state index in [-0.39, 0.29) is 10.7 Å². The van der Waals surface area contributed by atoms with Crippen LogP contribution >= 0.6 is 47.8 Å². The molecular formula is C8H8Br3N3O. The van der Waals surface area contributed by atoms with Crippen LogP contribution in [0.2, 0.25) is 0 Å². The Morgan fingerprint density at radius 3 is 2.80 bits per heavy atom. The highest BCUT2D eigenvalue weighted by atomic mass is 79.9. The molecule has 0 aromatic carbocycles. The maximum absolute atomic E-state index is 11.5. The van der Waals surface area contributed by atoms with Gasteiger partial charge in [0.25, 0.3) is 0 Å². The summed E-state index contributed by atoms with van der Waals surface area (Å²) < 4.78 is 1.11. The van der Waals surface area contributed by atoms with Crippen LogP contribution in [0, 0.1) is 0 Å². The van der Waals surface area contributed by atoms with E-state index < -0.39 is 0 Å². The van der Waals surface area contributed by atoms with E-state index in [1.54, 1.807) is 0 Å². The summed E-state index contributed by atoms with van der Waals surface area (Å²) in [6.45, 7) is 1.92. The minimum atomic E-state index is -0.213. The van der Waals surface area contributed by atoms with E-state index in [2.05, 4.69) is 63.1 Å². The van der Waals surface area contributed by atoms with E-state index >= 15 is 0 Å². The maximum atomic E-state index is 11.5. The molecule has 1 heterocycles. The molecule has 1 atom stereocenters. The maximum Gasteiger partial charge on any atom is 0.239 e. The number of nitrogens with one attached hydrogen (secondary N) is 1. The first-order valence-corrected chi connectivity index (χ1v) is 6.67. The third kappa shape index (κ3) is 3.81. The molecule has 0 saturated heterocycles. The number of nitrogens with zero attached hydrogens (tertiary/aromatic N) is 2. The van der Waals surface area contributed by atoms with Crippen LogP contribution in [0.25, 0.3) is 0 Å². The third-order valence-corrected chi connectivity index (χ3v) is 3.58. The van der Waals surface area contributed by atoms with Gasteiger partial charge in [-0.05, 0) is 38.3 Å². The Bertz CT molecular complexity index is 372. The van der Waals surface area contributed by atoms with Crippen molar-refractivity contribution in [2.24, 2.45) is 0 Å². The molecule has 0 aliphatic heterocycles. The average Bonchev–Trinajstić information content (AvgIpc) is 2.20. The molecule has 0 radical (unpaired) electrons. The lowest BCUT2D eigenvalue weighted by atomic mass is 10.3. The van der Waals surface area contributed by atoms with Crippen molar-refractivity contribution in [3.63, 3.8) is 0 Å². The molecule has 0 bridgehead atoms. The standard InChI is InChI=1S/C8H8Br3N3O/c1-2-4(9)8(15)14-7-6(11)13-5(10)3-12-7/h3-4H,2H2,1H3,(H,12,14,15). The molecule has 1 unspecified atom stereocenters. The van der Waals surface area contributed by atoms with Crippen LogP contribution in [0.5, 0.6) is 0 Å². The van der Waals surface area contributed by atoms with Crippen LogP contribution in [0.1, 0.15) is 13.3 Å². The summed E-state index contributed by atoms with van der Waals surface area (Å²) >= 11 is 9.65. The molecule has 1 amide bonds. The molecule has 1 N–H and O–H groups in total. The van der Waals surface area contributed by atoms with Crippen molar-refractivity contribution in [1.29, 1.82) is 0 Å². The number of hydrogen-bond donors (Lipinski definition) is 1. The molecule has 82 valence electrons. The van der Waals surface area contributed by atoms with Crippen molar-refractivity contribution in [3.05, 3.63) is 15.4 Å². The van der Waals surface area contributed by atoms with Crippen LogP contribution < -0.4 is 5.32 Å². The van der Waals surface area contributed by atoms with Gasteiger partial charge < -0.3 is 5.32 Å². The van der Waals surface area contributed by atoms with Crippen LogP contribution in [-0.4, -0.2) is 20.7 Å². The van der Waals surface area contributed by atoms with Crippen LogP contribution in [0.15, 0.2) is 15.4 Å². The number of carbonyl (C=O) groups is 1. The highest BCUT2D eigenvalue weighted by Crippen LogP contribution is 2.20. The number of alkyl halides is 1. The zero-order valence-corrected chi connectivity index (χ0v) is 12.6. The molecule has 0 aliphatic rings. The van der Waals surface area contributed by atoms with Gasteiger partial charge in [-0.2, -0.15) is 0 Å². The van der Waals surface area contributed by atoms with E-state index in [0.29, 0.717) is 21.4 Å². The van der Waals surface area contributed by atoms with E-state index in [0.717, 1.165) is 0 Å². The number of anilines is 1. The fourth-order valence-electron chi connectivity index (χ4n) is 0.811. The van der Waals surface area contributed by atoms with E-state index in [4.69, 9.17) is 0 Å². The zero-order valence-electron chi connectivity index (χ0n) is 7.80. The Kier molecular flexibility index (Phi) is 5.14. The number of halogens is 3. The van der Waals surface area contributed by atoms with Crippen molar-refractivity contribution in [2.45, 2.75) is 18.2 Å². The smallest absolute Gasteiger partial charge is 0.239 e. The van der Waals surface area contributed by atoms with E-state index in [1.807, 2.05) is 6.92 Å². The first-order chi connectivity index (χ1) is 7.04. The number of aromatic nitrogens is 2. The molecule has 0 spiro atoms. The van der Waals surface area contributed by atoms with Crippen LogP contribution in [-0.2, 0) is 4.79 Å². The first kappa shape index (κ1) is 13.1. The van der Waals surface area contributed by atoms with Crippen LogP contribution in [0.3, 0.4) is 0 Å². The third-order valence-electron chi connectivity index (χ3n) is 1.59. The second-order valence-electron chi connectivity index (χ2n) is 2.70. The Hall–Kier alpha value is -0.0100. The molecule has 0 saturated carbocycles. The summed E-state index contributed by atoms with van der Waals surface area (Å²) in [5.74, 6) is 0.288. The van der Waals surface area contributed by atoms with Crippen molar-refractivity contribution in [3.8, 4) is 0 Å². The van der Waals surface area contributed by atoms with Gasteiger partial charge in [-0.15, -0.1) is 0 Å². The first-order valence-electron chi connectivity index (χ1n) is 4.17. The lowest BCUT2D eigenvalue weighted by molar-refractivity contribution is -0.115. The van der Waals surface area contributed by atoms with Crippen molar-refractivity contribution >= 4 is 59.5 Å². The Morgan fingerprint density at radius 1 is 1.60 bits per heavy atom. The Balaban J connectivity index is 2.77. The number of carbonyl (C=O) groups excluding carboxylic acids is 1. The summed E-state index contributed by atoms with van der Waals surface area (Å²) in [6, 6.07) is 0. The highest BCUT2D eigenvalue weighted by Gasteiger charge is 2.14. The van der Waals surface area contributed by atoms with Gasteiger partial charge in [0.1, 0.15) is 9.21 Å². The largest absolute Gasteiger partial charge is 0.307 e. The van der Waals surface area contributed by atoms with E-state index in [1.165, 1.54) is 6.20 Å². The fourth-order valence-corrected chi connectivity index (χ4v) is 1.84. The van der Waals surface area contributed by atoms with Gasteiger partial charge >= 0.3 is 0 Å². The minimum Gasteiger partial charge on any atom is -0.307 e. The van der Waals surface area contributed by atoms with Crippen molar-refractivity contribution < 1.29 is 4.79 Å². The molecule has 1 rings (SSSR count). The lowest BCUT2D eigenvalue weighted by Gasteiger charge is -2.08. The monoisotopic (exact) mass is 399 g/mol. The normalized spacial score (nSPS) is 12.3. The summed E-state index contributed by atoms with van der Waals surface area (Å²) in [4.78, 5) is 19.4. The number of amides is 1. The summed E-state index contributed by atoms with van der Waals surface area (Å²) in [5, 5.41) is 2.66. The molecule has 1 aromatic heterocycles. The number of hydrogen-bond acceptors (Lipinski definition) is 3. The topological polar surface area (TPSA) is 54.9 Å². The molecule has 0 aliphatic carbocycles. The fraction of sp³-hybridized carbons (Fsp3) is 0.375. The van der Waals surface area contributed by atoms with Gasteiger partial charge in [0.05, 0.1) is 11.0 Å². The second-order valence-corrected chi connectivity index (χ2v) is 5.37. The molecule has 15 heavy (non-hydrogen) atoms. The van der Waals surface area contributed by atoms with Gasteiger partial charge in [0, 0.05) is 0 Å². The minimum absolute atomic E-state index is 0.130.